The molecule has 2 rings (SSSR count). The highest BCUT2D eigenvalue weighted by atomic mass is 32.2. The van der Waals surface area contributed by atoms with Gasteiger partial charge in [0.15, 0.2) is 0 Å². The van der Waals surface area contributed by atoms with Crippen molar-refractivity contribution >= 4 is 11.8 Å². The van der Waals surface area contributed by atoms with Crippen molar-refractivity contribution in [1.82, 2.24) is 0 Å². The lowest BCUT2D eigenvalue weighted by atomic mass is 10.1. The molecule has 0 radical (unpaired) electrons. The summed E-state index contributed by atoms with van der Waals surface area (Å²) in [4.78, 5) is 1.16. The number of para-hydroxylation sites is 1. The van der Waals surface area contributed by atoms with E-state index in [0.29, 0.717) is 0 Å². The molecule has 0 spiro atoms. The average Bonchev–Trinajstić information content (AvgIpc) is 2.45. The van der Waals surface area contributed by atoms with Gasteiger partial charge >= 0.3 is 0 Å². The molecule has 2 aromatic carbocycles. The molecular formula is C16H18O2S. The fourth-order valence-corrected chi connectivity index (χ4v) is 2.80. The van der Waals surface area contributed by atoms with Gasteiger partial charge in [0.1, 0.15) is 5.75 Å². The van der Waals surface area contributed by atoms with E-state index in [0.717, 1.165) is 22.0 Å². The standard InChI is InChI=1S/C16H18O2S/c1-12(17)13-7-5-8-15(10-13)19-11-14-6-3-4-9-16(14)18-2/h3-10,12,17H,11H2,1-2H3. The number of thioether (sulfide) groups is 1. The summed E-state index contributed by atoms with van der Waals surface area (Å²) in [6, 6.07) is 16.1. The third kappa shape index (κ3) is 3.75. The number of hydrogen-bond donors (Lipinski definition) is 1. The topological polar surface area (TPSA) is 29.5 Å². The fraction of sp³-hybridized carbons (Fsp3) is 0.250. The van der Waals surface area contributed by atoms with Gasteiger partial charge in [0.05, 0.1) is 13.2 Å². The Kier molecular flexibility index (Phi) is 4.88. The molecule has 1 unspecified atom stereocenters. The Balaban J connectivity index is 2.08. The SMILES string of the molecule is COc1ccccc1CSc1cccc(C(C)O)c1. The zero-order valence-electron chi connectivity index (χ0n) is 11.2. The molecule has 0 aliphatic rings. The maximum absolute atomic E-state index is 9.59. The van der Waals surface area contributed by atoms with E-state index in [4.69, 9.17) is 4.74 Å². The second-order valence-corrected chi connectivity index (χ2v) is 5.40. The van der Waals surface area contributed by atoms with E-state index in [-0.39, 0.29) is 0 Å². The van der Waals surface area contributed by atoms with Gasteiger partial charge in [-0.15, -0.1) is 11.8 Å². The third-order valence-corrected chi connectivity index (χ3v) is 3.97. The summed E-state index contributed by atoms with van der Waals surface area (Å²) in [6.07, 6.45) is -0.424. The molecule has 0 aliphatic heterocycles. The normalized spacial score (nSPS) is 12.2. The summed E-state index contributed by atoms with van der Waals surface area (Å²) < 4.78 is 5.34. The average molecular weight is 274 g/mol. The van der Waals surface area contributed by atoms with Crippen LogP contribution in [0.25, 0.3) is 0 Å². The molecule has 0 saturated heterocycles. The number of hydrogen-bond acceptors (Lipinski definition) is 3. The van der Waals surface area contributed by atoms with Crippen molar-refractivity contribution in [3.05, 3.63) is 59.7 Å². The number of methoxy groups -OCH3 is 1. The van der Waals surface area contributed by atoms with Crippen molar-refractivity contribution in [2.75, 3.05) is 7.11 Å². The third-order valence-electron chi connectivity index (χ3n) is 2.93. The number of rotatable bonds is 5. The number of aliphatic hydroxyl groups is 1. The molecule has 2 nitrogen and oxygen atoms in total. The van der Waals surface area contributed by atoms with Crippen LogP contribution in [0.4, 0.5) is 0 Å². The van der Waals surface area contributed by atoms with E-state index in [9.17, 15) is 5.11 Å². The molecule has 0 heterocycles. The van der Waals surface area contributed by atoms with Crippen LogP contribution in [0.15, 0.2) is 53.4 Å². The second-order valence-electron chi connectivity index (χ2n) is 4.35. The summed E-state index contributed by atoms with van der Waals surface area (Å²) in [5, 5.41) is 9.59. The van der Waals surface area contributed by atoms with Crippen LogP contribution in [0.3, 0.4) is 0 Å². The van der Waals surface area contributed by atoms with Crippen molar-refractivity contribution in [2.24, 2.45) is 0 Å². The van der Waals surface area contributed by atoms with Gasteiger partial charge in [0.25, 0.3) is 0 Å². The van der Waals surface area contributed by atoms with Crippen molar-refractivity contribution in [1.29, 1.82) is 0 Å². The van der Waals surface area contributed by atoms with Crippen LogP contribution >= 0.6 is 11.8 Å². The van der Waals surface area contributed by atoms with E-state index in [1.54, 1.807) is 25.8 Å². The summed E-state index contributed by atoms with van der Waals surface area (Å²) in [5.74, 6) is 1.77. The summed E-state index contributed by atoms with van der Waals surface area (Å²) >= 11 is 1.74. The Labute approximate surface area is 118 Å². The van der Waals surface area contributed by atoms with Crippen LogP contribution in [-0.2, 0) is 5.75 Å². The van der Waals surface area contributed by atoms with Crippen LogP contribution < -0.4 is 4.74 Å². The van der Waals surface area contributed by atoms with E-state index >= 15 is 0 Å². The predicted octanol–water partition coefficient (Wildman–Crippen LogP) is 4.04. The first-order valence-electron chi connectivity index (χ1n) is 6.23. The van der Waals surface area contributed by atoms with Crippen molar-refractivity contribution in [3.8, 4) is 5.75 Å². The molecule has 0 bridgehead atoms. The first kappa shape index (κ1) is 14.0. The van der Waals surface area contributed by atoms with E-state index < -0.39 is 6.10 Å². The minimum Gasteiger partial charge on any atom is -0.496 e. The highest BCUT2D eigenvalue weighted by Crippen LogP contribution is 2.29. The van der Waals surface area contributed by atoms with E-state index in [1.807, 2.05) is 36.4 Å². The largest absolute Gasteiger partial charge is 0.496 e. The maximum atomic E-state index is 9.59. The Morgan fingerprint density at radius 2 is 1.95 bits per heavy atom. The molecule has 3 heteroatoms. The maximum Gasteiger partial charge on any atom is 0.122 e. The minimum absolute atomic E-state index is 0.424. The summed E-state index contributed by atoms with van der Waals surface area (Å²) in [6.45, 7) is 1.78. The molecule has 1 atom stereocenters. The number of benzene rings is 2. The molecule has 0 saturated carbocycles. The molecule has 0 fully saturated rings. The van der Waals surface area contributed by atoms with Gasteiger partial charge in [-0.3, -0.25) is 0 Å². The first-order chi connectivity index (χ1) is 9.20. The predicted molar refractivity (Wildman–Crippen MR) is 79.6 cm³/mol. The number of aliphatic hydroxyl groups excluding tert-OH is 1. The van der Waals surface area contributed by atoms with Crippen molar-refractivity contribution < 1.29 is 9.84 Å². The summed E-state index contributed by atoms with van der Waals surface area (Å²) in [5.41, 5.74) is 2.13. The van der Waals surface area contributed by atoms with Gasteiger partial charge < -0.3 is 9.84 Å². The molecule has 19 heavy (non-hydrogen) atoms. The molecule has 0 aliphatic carbocycles. The Hall–Kier alpha value is -1.45. The molecule has 1 N–H and O–H groups in total. The van der Waals surface area contributed by atoms with Crippen LogP contribution in [0, 0.1) is 0 Å². The molecule has 0 aromatic heterocycles. The monoisotopic (exact) mass is 274 g/mol. The van der Waals surface area contributed by atoms with Crippen LogP contribution in [0.1, 0.15) is 24.2 Å². The van der Waals surface area contributed by atoms with Crippen LogP contribution in [0.5, 0.6) is 5.75 Å². The van der Waals surface area contributed by atoms with Crippen LogP contribution in [0.2, 0.25) is 0 Å². The minimum atomic E-state index is -0.424. The lowest BCUT2D eigenvalue weighted by Crippen LogP contribution is -1.91. The lowest BCUT2D eigenvalue weighted by Gasteiger charge is -2.09. The summed E-state index contributed by atoms with van der Waals surface area (Å²) in [7, 11) is 1.69. The Bertz CT molecular complexity index is 538. The van der Waals surface area contributed by atoms with Crippen LogP contribution in [-0.4, -0.2) is 12.2 Å². The van der Waals surface area contributed by atoms with Gasteiger partial charge in [-0.1, -0.05) is 30.3 Å². The van der Waals surface area contributed by atoms with Gasteiger partial charge in [0.2, 0.25) is 0 Å². The Morgan fingerprint density at radius 1 is 1.16 bits per heavy atom. The molecular weight excluding hydrogens is 256 g/mol. The zero-order chi connectivity index (χ0) is 13.7. The quantitative estimate of drug-likeness (QED) is 0.834. The smallest absolute Gasteiger partial charge is 0.122 e. The zero-order valence-corrected chi connectivity index (χ0v) is 12.0. The highest BCUT2D eigenvalue weighted by Gasteiger charge is 2.05. The van der Waals surface area contributed by atoms with Gasteiger partial charge in [-0.05, 0) is 30.7 Å². The first-order valence-corrected chi connectivity index (χ1v) is 7.22. The lowest BCUT2D eigenvalue weighted by molar-refractivity contribution is 0.199. The highest BCUT2D eigenvalue weighted by molar-refractivity contribution is 7.98. The Morgan fingerprint density at radius 3 is 2.68 bits per heavy atom. The number of ether oxygens (including phenoxy) is 1. The van der Waals surface area contributed by atoms with E-state index in [1.165, 1.54) is 5.56 Å². The molecule has 0 amide bonds. The van der Waals surface area contributed by atoms with Gasteiger partial charge in [-0.2, -0.15) is 0 Å². The van der Waals surface area contributed by atoms with Gasteiger partial charge in [0, 0.05) is 16.2 Å². The fourth-order valence-electron chi connectivity index (χ4n) is 1.85. The van der Waals surface area contributed by atoms with E-state index in [2.05, 4.69) is 12.1 Å². The second kappa shape index (κ2) is 6.64. The molecule has 2 aromatic rings. The van der Waals surface area contributed by atoms with Crippen molar-refractivity contribution in [3.63, 3.8) is 0 Å². The van der Waals surface area contributed by atoms with Crippen molar-refractivity contribution in [2.45, 2.75) is 23.7 Å². The van der Waals surface area contributed by atoms with Gasteiger partial charge in [-0.25, -0.2) is 0 Å². The molecule has 100 valence electrons.